The van der Waals surface area contributed by atoms with Gasteiger partial charge in [0.05, 0.1) is 19.8 Å². The Bertz CT molecular complexity index is 882. The number of aromatic nitrogens is 1. The molecule has 7 heteroatoms. The van der Waals surface area contributed by atoms with E-state index in [1.165, 1.54) is 19.3 Å². The molecular weight excluding hydrogens is 392 g/mol. The molecule has 1 aliphatic heterocycles. The molecule has 7 nitrogen and oxygen atoms in total. The Kier molecular flexibility index (Phi) is 7.59. The number of nitrogens with zero attached hydrogens (tertiary/aromatic N) is 2. The number of hydrogen-bond donors (Lipinski definition) is 2. The van der Waals surface area contributed by atoms with Crippen LogP contribution in [0.25, 0.3) is 10.9 Å². The molecule has 2 fully saturated rings. The first kappa shape index (κ1) is 21.8. The summed E-state index contributed by atoms with van der Waals surface area (Å²) in [7, 11) is 0. The highest BCUT2D eigenvalue weighted by molar-refractivity contribution is 5.96. The molecular formula is C24H34N4O3. The molecule has 1 aromatic carbocycles. The van der Waals surface area contributed by atoms with Crippen LogP contribution in [0, 0.1) is 5.92 Å². The molecule has 0 spiro atoms. The molecule has 0 bridgehead atoms. The van der Waals surface area contributed by atoms with Crippen LogP contribution in [0.3, 0.4) is 0 Å². The van der Waals surface area contributed by atoms with Crippen LogP contribution >= 0.6 is 0 Å². The molecule has 2 N–H and O–H groups in total. The predicted octanol–water partition coefficient (Wildman–Crippen LogP) is 3.00. The van der Waals surface area contributed by atoms with Crippen LogP contribution in [-0.2, 0) is 20.9 Å². The highest BCUT2D eigenvalue weighted by Crippen LogP contribution is 2.26. The van der Waals surface area contributed by atoms with Crippen molar-refractivity contribution in [1.29, 1.82) is 0 Å². The lowest BCUT2D eigenvalue weighted by atomic mass is 9.87. The van der Waals surface area contributed by atoms with Gasteiger partial charge >= 0.3 is 0 Å². The fourth-order valence-corrected chi connectivity index (χ4v) is 4.66. The second kappa shape index (κ2) is 10.8. The summed E-state index contributed by atoms with van der Waals surface area (Å²) in [6.45, 7) is 5.57. The van der Waals surface area contributed by atoms with E-state index in [0.29, 0.717) is 12.3 Å². The molecule has 2 heterocycles. The molecule has 1 saturated carbocycles. The zero-order valence-corrected chi connectivity index (χ0v) is 18.3. The van der Waals surface area contributed by atoms with Crippen molar-refractivity contribution < 1.29 is 14.3 Å². The van der Waals surface area contributed by atoms with Gasteiger partial charge in [-0.25, -0.2) is 0 Å². The Morgan fingerprint density at radius 2 is 1.81 bits per heavy atom. The maximum Gasteiger partial charge on any atom is 0.243 e. The number of carbonyl (C=O) groups is 2. The number of morpholine rings is 1. The van der Waals surface area contributed by atoms with Gasteiger partial charge in [0.15, 0.2) is 0 Å². The molecule has 2 aromatic rings. The van der Waals surface area contributed by atoms with E-state index in [2.05, 4.69) is 32.4 Å². The first-order chi connectivity index (χ1) is 15.2. The summed E-state index contributed by atoms with van der Waals surface area (Å²) in [4.78, 5) is 26.8. The van der Waals surface area contributed by atoms with Crippen LogP contribution < -0.4 is 10.6 Å². The van der Waals surface area contributed by atoms with Crippen molar-refractivity contribution in [1.82, 2.24) is 14.8 Å². The standard InChI is InChI=1S/C24H34N4O3/c29-23(16-19-4-2-1-3-5-19)25-18-24(30)26-21-6-7-22-20(17-21)8-9-28(22)11-10-27-12-14-31-15-13-27/h6-9,17,19H,1-5,10-16,18H2,(H,25,29)(H,26,30). The second-order valence-corrected chi connectivity index (χ2v) is 8.77. The van der Waals surface area contributed by atoms with Crippen LogP contribution in [0.4, 0.5) is 5.69 Å². The van der Waals surface area contributed by atoms with E-state index in [1.54, 1.807) is 0 Å². The summed E-state index contributed by atoms with van der Waals surface area (Å²) in [5.41, 5.74) is 1.91. The van der Waals surface area contributed by atoms with Crippen LogP contribution in [0.5, 0.6) is 0 Å². The number of amides is 2. The number of ether oxygens (including phenoxy) is 1. The van der Waals surface area contributed by atoms with E-state index >= 15 is 0 Å². The van der Waals surface area contributed by atoms with Gasteiger partial charge in [0, 0.05) is 55.4 Å². The third-order valence-electron chi connectivity index (χ3n) is 6.46. The van der Waals surface area contributed by atoms with Crippen molar-refractivity contribution >= 4 is 28.4 Å². The predicted molar refractivity (Wildman–Crippen MR) is 122 cm³/mol. The number of benzene rings is 1. The largest absolute Gasteiger partial charge is 0.379 e. The summed E-state index contributed by atoms with van der Waals surface area (Å²) >= 11 is 0. The highest BCUT2D eigenvalue weighted by Gasteiger charge is 2.17. The van der Waals surface area contributed by atoms with E-state index in [0.717, 1.165) is 68.8 Å². The van der Waals surface area contributed by atoms with Crippen molar-refractivity contribution in [2.45, 2.75) is 45.1 Å². The van der Waals surface area contributed by atoms with Crippen LogP contribution in [0.2, 0.25) is 0 Å². The molecule has 0 unspecified atom stereocenters. The Balaban J connectivity index is 1.24. The molecule has 2 amide bonds. The molecule has 0 radical (unpaired) electrons. The normalized spacial score (nSPS) is 18.2. The van der Waals surface area contributed by atoms with Gasteiger partial charge < -0.3 is 19.9 Å². The number of fused-ring (bicyclic) bond motifs is 1. The van der Waals surface area contributed by atoms with E-state index in [-0.39, 0.29) is 18.4 Å². The minimum absolute atomic E-state index is 0.0180. The van der Waals surface area contributed by atoms with E-state index < -0.39 is 0 Å². The fourth-order valence-electron chi connectivity index (χ4n) is 4.66. The van der Waals surface area contributed by atoms with Gasteiger partial charge in [0.2, 0.25) is 11.8 Å². The monoisotopic (exact) mass is 426 g/mol. The third-order valence-corrected chi connectivity index (χ3v) is 6.46. The number of hydrogen-bond acceptors (Lipinski definition) is 4. The van der Waals surface area contributed by atoms with Gasteiger partial charge in [-0.1, -0.05) is 19.3 Å². The van der Waals surface area contributed by atoms with E-state index in [4.69, 9.17) is 4.74 Å². The lowest BCUT2D eigenvalue weighted by Crippen LogP contribution is -2.38. The second-order valence-electron chi connectivity index (χ2n) is 8.77. The maximum atomic E-state index is 12.3. The van der Waals surface area contributed by atoms with Crippen molar-refractivity contribution in [2.24, 2.45) is 5.92 Å². The zero-order chi connectivity index (χ0) is 21.5. The number of anilines is 1. The van der Waals surface area contributed by atoms with Crippen molar-refractivity contribution in [3.63, 3.8) is 0 Å². The Morgan fingerprint density at radius 1 is 1.00 bits per heavy atom. The fraction of sp³-hybridized carbons (Fsp3) is 0.583. The van der Waals surface area contributed by atoms with Crippen LogP contribution in [0.15, 0.2) is 30.5 Å². The van der Waals surface area contributed by atoms with E-state index in [1.807, 2.05) is 18.2 Å². The molecule has 1 aromatic heterocycles. The lowest BCUT2D eigenvalue weighted by Gasteiger charge is -2.26. The topological polar surface area (TPSA) is 75.6 Å². The van der Waals surface area contributed by atoms with Crippen LogP contribution in [-0.4, -0.2) is 60.7 Å². The average molecular weight is 427 g/mol. The first-order valence-corrected chi connectivity index (χ1v) is 11.6. The quantitative estimate of drug-likeness (QED) is 0.680. The molecule has 2 aliphatic rings. The summed E-state index contributed by atoms with van der Waals surface area (Å²) in [5, 5.41) is 6.77. The van der Waals surface area contributed by atoms with Gasteiger partial charge in [-0.3, -0.25) is 14.5 Å². The smallest absolute Gasteiger partial charge is 0.243 e. The molecule has 1 saturated heterocycles. The third kappa shape index (κ3) is 6.31. The Hall–Kier alpha value is -2.38. The Morgan fingerprint density at radius 3 is 2.61 bits per heavy atom. The zero-order valence-electron chi connectivity index (χ0n) is 18.3. The van der Waals surface area contributed by atoms with Crippen molar-refractivity contribution in [3.05, 3.63) is 30.5 Å². The number of carbonyl (C=O) groups excluding carboxylic acids is 2. The lowest BCUT2D eigenvalue weighted by molar-refractivity contribution is -0.125. The molecule has 31 heavy (non-hydrogen) atoms. The molecule has 1 aliphatic carbocycles. The van der Waals surface area contributed by atoms with Gasteiger partial charge in [-0.2, -0.15) is 0 Å². The summed E-state index contributed by atoms with van der Waals surface area (Å²) < 4.78 is 7.66. The number of rotatable bonds is 8. The number of nitrogens with one attached hydrogen (secondary N) is 2. The van der Waals surface area contributed by atoms with E-state index in [9.17, 15) is 9.59 Å². The minimum Gasteiger partial charge on any atom is -0.379 e. The van der Waals surface area contributed by atoms with Crippen molar-refractivity contribution in [3.8, 4) is 0 Å². The average Bonchev–Trinajstić information content (AvgIpc) is 3.20. The summed E-state index contributed by atoms with van der Waals surface area (Å²) in [5.74, 6) is 0.268. The highest BCUT2D eigenvalue weighted by atomic mass is 16.5. The first-order valence-electron chi connectivity index (χ1n) is 11.6. The minimum atomic E-state index is -0.192. The molecule has 4 rings (SSSR count). The Labute approximate surface area is 184 Å². The van der Waals surface area contributed by atoms with Gasteiger partial charge in [-0.15, -0.1) is 0 Å². The van der Waals surface area contributed by atoms with Gasteiger partial charge in [0.25, 0.3) is 0 Å². The molecule has 168 valence electrons. The summed E-state index contributed by atoms with van der Waals surface area (Å²) in [6, 6.07) is 8.04. The van der Waals surface area contributed by atoms with Gasteiger partial charge in [-0.05, 0) is 43.0 Å². The SMILES string of the molecule is O=C(CC1CCCCC1)NCC(=O)Nc1ccc2c(ccn2CCN2CCOCC2)c1. The molecule has 0 atom stereocenters. The van der Waals surface area contributed by atoms with Crippen LogP contribution in [0.1, 0.15) is 38.5 Å². The summed E-state index contributed by atoms with van der Waals surface area (Å²) in [6.07, 6.45) is 8.62. The van der Waals surface area contributed by atoms with Gasteiger partial charge in [0.1, 0.15) is 0 Å². The maximum absolute atomic E-state index is 12.3. The van der Waals surface area contributed by atoms with Crippen molar-refractivity contribution in [2.75, 3.05) is 44.7 Å².